The Balaban J connectivity index is 2.76. The highest BCUT2D eigenvalue weighted by Gasteiger charge is 2.20. The minimum atomic E-state index is -0.516. The normalized spacial score (nSPS) is 13.0. The molecule has 0 aliphatic heterocycles. The molecule has 0 saturated carbocycles. The molecule has 1 amide bonds. The van der Waals surface area contributed by atoms with E-state index in [1.165, 1.54) is 6.07 Å². The van der Waals surface area contributed by atoms with Gasteiger partial charge in [-0.1, -0.05) is 6.07 Å². The van der Waals surface area contributed by atoms with Crippen LogP contribution >= 0.6 is 15.9 Å². The number of halogens is 2. The maximum Gasteiger partial charge on any atom is 0.242 e. The number of benzene rings is 1. The largest absolute Gasteiger partial charge is 0.371 e. The molecule has 18 heavy (non-hydrogen) atoms. The average Bonchev–Trinajstić information content (AvgIpc) is 2.21. The first kappa shape index (κ1) is 15.0. The molecule has 0 heterocycles. The number of carbonyl (C=O) groups excluding carboxylic acids is 1. The Morgan fingerprint density at radius 3 is 2.50 bits per heavy atom. The summed E-state index contributed by atoms with van der Waals surface area (Å²) in [4.78, 5) is 11.9. The van der Waals surface area contributed by atoms with Crippen LogP contribution in [0.4, 0.5) is 10.1 Å². The first-order valence-electron chi connectivity index (χ1n) is 5.73. The molecule has 0 spiro atoms. The van der Waals surface area contributed by atoms with Crippen LogP contribution in [0.15, 0.2) is 22.7 Å². The summed E-state index contributed by atoms with van der Waals surface area (Å²) in [6.07, 6.45) is 0. The lowest BCUT2D eigenvalue weighted by molar-refractivity contribution is -0.122. The summed E-state index contributed by atoms with van der Waals surface area (Å²) >= 11 is 3.25. The summed E-state index contributed by atoms with van der Waals surface area (Å²) in [5.41, 5.74) is -0.00601. The van der Waals surface area contributed by atoms with E-state index >= 15 is 0 Å². The van der Waals surface area contributed by atoms with Gasteiger partial charge in [0.15, 0.2) is 0 Å². The summed E-state index contributed by atoms with van der Waals surface area (Å²) in [6.45, 7) is 7.39. The van der Waals surface area contributed by atoms with Crippen LogP contribution < -0.4 is 10.6 Å². The molecule has 0 aliphatic carbocycles. The second-order valence-electron chi connectivity index (χ2n) is 5.20. The molecular formula is C13H18BrFN2O. The summed E-state index contributed by atoms with van der Waals surface area (Å²) in [6, 6.07) is 4.16. The van der Waals surface area contributed by atoms with Crippen molar-refractivity contribution in [2.24, 2.45) is 0 Å². The van der Waals surface area contributed by atoms with Crippen molar-refractivity contribution in [3.05, 3.63) is 28.5 Å². The van der Waals surface area contributed by atoms with E-state index in [4.69, 9.17) is 0 Å². The fourth-order valence-electron chi connectivity index (χ4n) is 1.40. The fraction of sp³-hybridized carbons (Fsp3) is 0.462. The van der Waals surface area contributed by atoms with Crippen molar-refractivity contribution >= 4 is 27.5 Å². The van der Waals surface area contributed by atoms with Gasteiger partial charge in [0.25, 0.3) is 0 Å². The zero-order chi connectivity index (χ0) is 13.9. The molecule has 5 heteroatoms. The number of rotatable bonds is 3. The second-order valence-corrected chi connectivity index (χ2v) is 6.06. The number of anilines is 1. The molecule has 0 aromatic heterocycles. The Morgan fingerprint density at radius 2 is 2.00 bits per heavy atom. The van der Waals surface area contributed by atoms with Crippen LogP contribution in [0, 0.1) is 5.82 Å². The van der Waals surface area contributed by atoms with Gasteiger partial charge < -0.3 is 10.6 Å². The van der Waals surface area contributed by atoms with Crippen LogP contribution in [0.1, 0.15) is 27.7 Å². The fourth-order valence-corrected chi connectivity index (χ4v) is 1.85. The molecule has 1 rings (SSSR count). The highest BCUT2D eigenvalue weighted by atomic mass is 79.9. The molecule has 0 fully saturated rings. The molecule has 3 nitrogen and oxygen atoms in total. The van der Waals surface area contributed by atoms with Gasteiger partial charge >= 0.3 is 0 Å². The van der Waals surface area contributed by atoms with Crippen LogP contribution in [0.3, 0.4) is 0 Å². The van der Waals surface area contributed by atoms with Crippen LogP contribution in [0.2, 0.25) is 0 Å². The van der Waals surface area contributed by atoms with Gasteiger partial charge in [0.2, 0.25) is 5.91 Å². The predicted octanol–water partition coefficient (Wildman–Crippen LogP) is 3.30. The topological polar surface area (TPSA) is 41.1 Å². The third-order valence-corrected chi connectivity index (χ3v) is 2.88. The predicted molar refractivity (Wildman–Crippen MR) is 75.1 cm³/mol. The molecule has 1 aromatic rings. The molecule has 100 valence electrons. The van der Waals surface area contributed by atoms with E-state index in [2.05, 4.69) is 26.6 Å². The highest BCUT2D eigenvalue weighted by molar-refractivity contribution is 9.10. The Hall–Kier alpha value is -1.10. The highest BCUT2D eigenvalue weighted by Crippen LogP contribution is 2.25. The Morgan fingerprint density at radius 1 is 1.39 bits per heavy atom. The monoisotopic (exact) mass is 316 g/mol. The summed E-state index contributed by atoms with van der Waals surface area (Å²) < 4.78 is 14.2. The molecule has 1 unspecified atom stereocenters. The number of amides is 1. The maximum atomic E-state index is 13.6. The molecular weight excluding hydrogens is 299 g/mol. The smallest absolute Gasteiger partial charge is 0.242 e. The van der Waals surface area contributed by atoms with Gasteiger partial charge in [0.05, 0.1) is 5.69 Å². The van der Waals surface area contributed by atoms with E-state index in [1.807, 2.05) is 20.8 Å². The van der Waals surface area contributed by atoms with Gasteiger partial charge in [0.1, 0.15) is 11.9 Å². The van der Waals surface area contributed by atoms with E-state index in [-0.39, 0.29) is 17.3 Å². The van der Waals surface area contributed by atoms with Gasteiger partial charge in [-0.15, -0.1) is 0 Å². The lowest BCUT2D eigenvalue weighted by Crippen LogP contribution is -2.47. The van der Waals surface area contributed by atoms with Crippen molar-refractivity contribution in [1.29, 1.82) is 0 Å². The van der Waals surface area contributed by atoms with E-state index < -0.39 is 6.04 Å². The van der Waals surface area contributed by atoms with Crippen LogP contribution in [-0.4, -0.2) is 17.5 Å². The number of para-hydroxylation sites is 1. The van der Waals surface area contributed by atoms with E-state index in [0.717, 1.165) is 0 Å². The first-order chi connectivity index (χ1) is 8.20. The third-order valence-electron chi connectivity index (χ3n) is 2.22. The SMILES string of the molecule is CC(Nc1c(F)cccc1Br)C(=O)NC(C)(C)C. The second kappa shape index (κ2) is 5.69. The number of hydrogen-bond acceptors (Lipinski definition) is 2. The van der Waals surface area contributed by atoms with Crippen LogP contribution in [0.25, 0.3) is 0 Å². The van der Waals surface area contributed by atoms with Crippen LogP contribution in [0.5, 0.6) is 0 Å². The van der Waals surface area contributed by atoms with E-state index in [9.17, 15) is 9.18 Å². The van der Waals surface area contributed by atoms with Gasteiger partial charge in [-0.05, 0) is 55.8 Å². The Bertz CT molecular complexity index is 423. The summed E-state index contributed by atoms with van der Waals surface area (Å²) in [5.74, 6) is -0.558. The van der Waals surface area contributed by atoms with Crippen LogP contribution in [-0.2, 0) is 4.79 Å². The molecule has 1 aromatic carbocycles. The van der Waals surface area contributed by atoms with E-state index in [1.54, 1.807) is 19.1 Å². The zero-order valence-electron chi connectivity index (χ0n) is 11.0. The molecule has 2 N–H and O–H groups in total. The number of nitrogens with one attached hydrogen (secondary N) is 2. The molecule has 0 saturated heterocycles. The number of hydrogen-bond donors (Lipinski definition) is 2. The minimum Gasteiger partial charge on any atom is -0.371 e. The van der Waals surface area contributed by atoms with Crippen molar-refractivity contribution in [3.8, 4) is 0 Å². The lowest BCUT2D eigenvalue weighted by Gasteiger charge is -2.24. The lowest BCUT2D eigenvalue weighted by atomic mass is 10.1. The van der Waals surface area contributed by atoms with Gasteiger partial charge in [-0.2, -0.15) is 0 Å². The first-order valence-corrected chi connectivity index (χ1v) is 6.52. The Kier molecular flexibility index (Phi) is 4.73. The molecule has 0 aliphatic rings. The van der Waals surface area contributed by atoms with Gasteiger partial charge in [-0.3, -0.25) is 4.79 Å². The summed E-state index contributed by atoms with van der Waals surface area (Å²) in [7, 11) is 0. The van der Waals surface area contributed by atoms with Crippen molar-refractivity contribution in [3.63, 3.8) is 0 Å². The van der Waals surface area contributed by atoms with E-state index in [0.29, 0.717) is 10.2 Å². The van der Waals surface area contributed by atoms with Crippen molar-refractivity contribution in [1.82, 2.24) is 5.32 Å². The standard InChI is InChI=1S/C13H18BrFN2O/c1-8(12(18)17-13(2,3)4)16-11-9(14)6-5-7-10(11)15/h5-8,16H,1-4H3,(H,17,18). The van der Waals surface area contributed by atoms with Crippen molar-refractivity contribution in [2.75, 3.05) is 5.32 Å². The van der Waals surface area contributed by atoms with Crippen molar-refractivity contribution < 1.29 is 9.18 Å². The quantitative estimate of drug-likeness (QED) is 0.898. The Labute approximate surface area is 115 Å². The maximum absolute atomic E-state index is 13.6. The summed E-state index contributed by atoms with van der Waals surface area (Å²) in [5, 5.41) is 5.71. The molecule has 1 atom stereocenters. The van der Waals surface area contributed by atoms with Gasteiger partial charge in [-0.25, -0.2) is 4.39 Å². The zero-order valence-corrected chi connectivity index (χ0v) is 12.6. The average molecular weight is 317 g/mol. The molecule has 0 bridgehead atoms. The van der Waals surface area contributed by atoms with Crippen molar-refractivity contribution in [2.45, 2.75) is 39.3 Å². The van der Waals surface area contributed by atoms with Gasteiger partial charge in [0, 0.05) is 10.0 Å². The number of carbonyl (C=O) groups is 1. The minimum absolute atomic E-state index is 0.169. The molecule has 0 radical (unpaired) electrons. The third kappa shape index (κ3) is 4.29.